The minimum Gasteiger partial charge on any atom is -0.481 e. The van der Waals surface area contributed by atoms with E-state index in [2.05, 4.69) is 4.90 Å². The highest BCUT2D eigenvalue weighted by atomic mass is 16.4. The molecule has 0 aromatic heterocycles. The van der Waals surface area contributed by atoms with Gasteiger partial charge in [0.1, 0.15) is 0 Å². The molecule has 4 heteroatoms. The predicted octanol–water partition coefficient (Wildman–Crippen LogP) is 1.44. The summed E-state index contributed by atoms with van der Waals surface area (Å²) in [6.07, 6.45) is 7.68. The molecule has 2 rings (SSSR count). The summed E-state index contributed by atoms with van der Waals surface area (Å²) < 4.78 is 0. The van der Waals surface area contributed by atoms with Crippen LogP contribution in [0.2, 0.25) is 0 Å². The predicted molar refractivity (Wildman–Crippen MR) is 66.8 cm³/mol. The first-order valence-corrected chi connectivity index (χ1v) is 6.86. The zero-order valence-corrected chi connectivity index (χ0v) is 10.5. The van der Waals surface area contributed by atoms with Gasteiger partial charge in [0, 0.05) is 31.6 Å². The van der Waals surface area contributed by atoms with Crippen LogP contribution < -0.4 is 5.73 Å². The van der Waals surface area contributed by atoms with Gasteiger partial charge in [0.05, 0.1) is 0 Å². The molecule has 0 aromatic carbocycles. The van der Waals surface area contributed by atoms with E-state index in [9.17, 15) is 4.79 Å². The average Bonchev–Trinajstić information content (AvgIpc) is 2.28. The number of hydrogen-bond donors (Lipinski definition) is 2. The van der Waals surface area contributed by atoms with Gasteiger partial charge in [0.15, 0.2) is 0 Å². The Bertz CT molecular complexity index is 264. The number of likely N-dealkylation sites (tertiary alicyclic amines) is 1. The summed E-state index contributed by atoms with van der Waals surface area (Å²) in [6.45, 7) is 1.89. The molecule has 0 spiro atoms. The van der Waals surface area contributed by atoms with E-state index in [1.807, 2.05) is 0 Å². The van der Waals surface area contributed by atoms with E-state index in [1.54, 1.807) is 0 Å². The standard InChI is InChI=1S/C13H24N2O2/c14-11-6-10(7-13(16)17)8-15(9-11)12-4-2-1-3-5-12/h10-12H,1-9,14H2,(H,16,17). The van der Waals surface area contributed by atoms with Crippen molar-refractivity contribution in [2.24, 2.45) is 11.7 Å². The number of carboxylic acid groups (broad SMARTS) is 1. The van der Waals surface area contributed by atoms with E-state index in [0.29, 0.717) is 6.04 Å². The van der Waals surface area contributed by atoms with Crippen LogP contribution in [0, 0.1) is 5.92 Å². The van der Waals surface area contributed by atoms with Crippen molar-refractivity contribution in [3.05, 3.63) is 0 Å². The second-order valence-corrected chi connectivity index (χ2v) is 5.71. The summed E-state index contributed by atoms with van der Waals surface area (Å²) in [4.78, 5) is 13.3. The van der Waals surface area contributed by atoms with Crippen molar-refractivity contribution in [1.82, 2.24) is 4.90 Å². The van der Waals surface area contributed by atoms with Gasteiger partial charge in [0.2, 0.25) is 0 Å². The molecule has 1 aliphatic heterocycles. The van der Waals surface area contributed by atoms with Gasteiger partial charge in [-0.05, 0) is 25.2 Å². The van der Waals surface area contributed by atoms with Crippen LogP contribution in [0.5, 0.6) is 0 Å². The molecule has 98 valence electrons. The van der Waals surface area contributed by atoms with E-state index in [4.69, 9.17) is 10.8 Å². The largest absolute Gasteiger partial charge is 0.481 e. The number of nitrogens with zero attached hydrogens (tertiary/aromatic N) is 1. The number of carboxylic acids is 1. The van der Waals surface area contributed by atoms with Crippen molar-refractivity contribution >= 4 is 5.97 Å². The Morgan fingerprint density at radius 1 is 1.24 bits per heavy atom. The number of rotatable bonds is 3. The van der Waals surface area contributed by atoms with Crippen molar-refractivity contribution in [3.63, 3.8) is 0 Å². The molecule has 1 saturated carbocycles. The molecule has 4 nitrogen and oxygen atoms in total. The third-order valence-electron chi connectivity index (χ3n) is 4.15. The molecular formula is C13H24N2O2. The fourth-order valence-corrected chi connectivity index (χ4v) is 3.42. The van der Waals surface area contributed by atoms with Gasteiger partial charge in [-0.1, -0.05) is 19.3 Å². The molecule has 2 atom stereocenters. The Balaban J connectivity index is 1.90. The van der Waals surface area contributed by atoms with Gasteiger partial charge in [-0.2, -0.15) is 0 Å². The third kappa shape index (κ3) is 3.68. The first-order valence-electron chi connectivity index (χ1n) is 6.86. The molecule has 0 aromatic rings. The molecule has 1 heterocycles. The summed E-state index contributed by atoms with van der Waals surface area (Å²) >= 11 is 0. The van der Waals surface area contributed by atoms with E-state index in [-0.39, 0.29) is 18.4 Å². The quantitative estimate of drug-likeness (QED) is 0.783. The lowest BCUT2D eigenvalue weighted by molar-refractivity contribution is -0.138. The fourth-order valence-electron chi connectivity index (χ4n) is 3.42. The maximum absolute atomic E-state index is 10.8. The van der Waals surface area contributed by atoms with Gasteiger partial charge >= 0.3 is 5.97 Å². The lowest BCUT2D eigenvalue weighted by atomic mass is 9.87. The Labute approximate surface area is 103 Å². The summed E-state index contributed by atoms with van der Waals surface area (Å²) in [5.41, 5.74) is 6.06. The molecule has 2 aliphatic rings. The summed E-state index contributed by atoms with van der Waals surface area (Å²) in [5, 5.41) is 8.89. The second kappa shape index (κ2) is 5.83. The highest BCUT2D eigenvalue weighted by Crippen LogP contribution is 2.27. The fraction of sp³-hybridized carbons (Fsp3) is 0.923. The summed E-state index contributed by atoms with van der Waals surface area (Å²) in [5.74, 6) is -0.439. The smallest absolute Gasteiger partial charge is 0.303 e. The van der Waals surface area contributed by atoms with E-state index in [0.717, 1.165) is 19.5 Å². The van der Waals surface area contributed by atoms with Crippen LogP contribution in [0.4, 0.5) is 0 Å². The van der Waals surface area contributed by atoms with Crippen molar-refractivity contribution in [3.8, 4) is 0 Å². The highest BCUT2D eigenvalue weighted by Gasteiger charge is 2.31. The number of aliphatic carboxylic acids is 1. The molecule has 17 heavy (non-hydrogen) atoms. The van der Waals surface area contributed by atoms with Crippen molar-refractivity contribution in [1.29, 1.82) is 0 Å². The maximum Gasteiger partial charge on any atom is 0.303 e. The molecule has 2 fully saturated rings. The SMILES string of the molecule is NC1CC(CC(=O)O)CN(C2CCCCC2)C1. The van der Waals surface area contributed by atoms with E-state index < -0.39 is 5.97 Å². The van der Waals surface area contributed by atoms with Gasteiger partial charge in [0.25, 0.3) is 0 Å². The van der Waals surface area contributed by atoms with Crippen LogP contribution in [0.3, 0.4) is 0 Å². The zero-order valence-electron chi connectivity index (χ0n) is 10.5. The first-order chi connectivity index (χ1) is 8.15. The van der Waals surface area contributed by atoms with Crippen molar-refractivity contribution < 1.29 is 9.90 Å². The molecular weight excluding hydrogens is 216 g/mol. The Morgan fingerprint density at radius 2 is 1.94 bits per heavy atom. The summed E-state index contributed by atoms with van der Waals surface area (Å²) in [6, 6.07) is 0.821. The monoisotopic (exact) mass is 240 g/mol. The average molecular weight is 240 g/mol. The highest BCUT2D eigenvalue weighted by molar-refractivity contribution is 5.67. The van der Waals surface area contributed by atoms with Gasteiger partial charge in [-0.3, -0.25) is 9.69 Å². The van der Waals surface area contributed by atoms with Crippen LogP contribution in [0.1, 0.15) is 44.9 Å². The molecule has 0 amide bonds. The number of nitrogens with two attached hydrogens (primary N) is 1. The minimum absolute atomic E-state index is 0.162. The lowest BCUT2D eigenvalue weighted by Gasteiger charge is -2.42. The molecule has 1 saturated heterocycles. The lowest BCUT2D eigenvalue weighted by Crippen LogP contribution is -2.51. The summed E-state index contributed by atoms with van der Waals surface area (Å²) in [7, 11) is 0. The van der Waals surface area contributed by atoms with Gasteiger partial charge in [-0.25, -0.2) is 0 Å². The first kappa shape index (κ1) is 12.8. The second-order valence-electron chi connectivity index (χ2n) is 5.71. The topological polar surface area (TPSA) is 66.6 Å². The molecule has 0 radical (unpaired) electrons. The van der Waals surface area contributed by atoms with Gasteiger partial charge < -0.3 is 10.8 Å². The molecule has 1 aliphatic carbocycles. The molecule has 0 bridgehead atoms. The van der Waals surface area contributed by atoms with E-state index >= 15 is 0 Å². The number of hydrogen-bond acceptors (Lipinski definition) is 3. The number of piperidine rings is 1. The van der Waals surface area contributed by atoms with Crippen molar-refractivity contribution in [2.75, 3.05) is 13.1 Å². The molecule has 3 N–H and O–H groups in total. The van der Waals surface area contributed by atoms with Gasteiger partial charge in [-0.15, -0.1) is 0 Å². The number of carbonyl (C=O) groups is 1. The maximum atomic E-state index is 10.8. The van der Waals surface area contributed by atoms with Crippen LogP contribution in [0.25, 0.3) is 0 Å². The zero-order chi connectivity index (χ0) is 12.3. The van der Waals surface area contributed by atoms with E-state index in [1.165, 1.54) is 32.1 Å². The minimum atomic E-state index is -0.687. The van der Waals surface area contributed by atoms with Crippen LogP contribution in [0.15, 0.2) is 0 Å². The third-order valence-corrected chi connectivity index (χ3v) is 4.15. The molecule has 2 unspecified atom stereocenters. The van der Waals surface area contributed by atoms with Crippen molar-refractivity contribution in [2.45, 2.75) is 57.0 Å². The van der Waals surface area contributed by atoms with Crippen LogP contribution in [-0.4, -0.2) is 41.1 Å². The van der Waals surface area contributed by atoms with Crippen LogP contribution in [-0.2, 0) is 4.79 Å². The Kier molecular flexibility index (Phi) is 4.40. The normalized spacial score (nSPS) is 32.5. The Hall–Kier alpha value is -0.610. The Morgan fingerprint density at radius 3 is 2.59 bits per heavy atom. The van der Waals surface area contributed by atoms with Crippen LogP contribution >= 0.6 is 0 Å².